The summed E-state index contributed by atoms with van der Waals surface area (Å²) in [5.41, 5.74) is 3.51. The quantitative estimate of drug-likeness (QED) is 0.900. The summed E-state index contributed by atoms with van der Waals surface area (Å²) in [6, 6.07) is 0. The lowest BCUT2D eigenvalue weighted by Crippen LogP contribution is -2.12. The average molecular weight is 265 g/mol. The van der Waals surface area contributed by atoms with E-state index in [1.807, 2.05) is 24.0 Å². The maximum Gasteiger partial charge on any atom is 0.0950 e. The van der Waals surface area contributed by atoms with Crippen LogP contribution in [0, 0.1) is 13.8 Å². The summed E-state index contributed by atoms with van der Waals surface area (Å²) < 4.78 is 1.90. The molecule has 1 atom stereocenters. The Balaban J connectivity index is 1.91. The molecule has 2 rings (SSSR count). The van der Waals surface area contributed by atoms with Gasteiger partial charge in [0.05, 0.1) is 16.8 Å². The lowest BCUT2D eigenvalue weighted by atomic mass is 10.0. The first-order valence-corrected chi connectivity index (χ1v) is 7.01. The van der Waals surface area contributed by atoms with E-state index in [4.69, 9.17) is 0 Å². The van der Waals surface area contributed by atoms with Crippen LogP contribution in [0.4, 0.5) is 0 Å². The van der Waals surface area contributed by atoms with Gasteiger partial charge in [-0.25, -0.2) is 4.98 Å². The van der Waals surface area contributed by atoms with Crippen LogP contribution in [0.25, 0.3) is 0 Å². The summed E-state index contributed by atoms with van der Waals surface area (Å²) in [7, 11) is 1.96. The number of aliphatic hydroxyl groups is 1. The van der Waals surface area contributed by atoms with E-state index >= 15 is 0 Å². The van der Waals surface area contributed by atoms with Gasteiger partial charge in [0, 0.05) is 30.7 Å². The van der Waals surface area contributed by atoms with Crippen molar-refractivity contribution in [3.63, 3.8) is 0 Å². The minimum atomic E-state index is -0.324. The highest BCUT2D eigenvalue weighted by Crippen LogP contribution is 2.16. The number of aromatic nitrogens is 3. The van der Waals surface area contributed by atoms with Crippen LogP contribution in [0.1, 0.15) is 28.4 Å². The van der Waals surface area contributed by atoms with Gasteiger partial charge >= 0.3 is 0 Å². The van der Waals surface area contributed by atoms with E-state index in [1.54, 1.807) is 17.5 Å². The molecule has 18 heavy (non-hydrogen) atoms. The molecule has 0 aliphatic carbocycles. The molecule has 0 spiro atoms. The van der Waals surface area contributed by atoms with Gasteiger partial charge in [-0.1, -0.05) is 0 Å². The van der Waals surface area contributed by atoms with Gasteiger partial charge in [0.1, 0.15) is 0 Å². The first kappa shape index (κ1) is 13.2. The maximum atomic E-state index is 10.0. The van der Waals surface area contributed by atoms with Crippen molar-refractivity contribution < 1.29 is 5.11 Å². The highest BCUT2D eigenvalue weighted by molar-refractivity contribution is 7.09. The fraction of sp³-hybridized carbons (Fsp3) is 0.538. The van der Waals surface area contributed by atoms with Crippen LogP contribution >= 0.6 is 11.3 Å². The van der Waals surface area contributed by atoms with Gasteiger partial charge in [-0.3, -0.25) is 4.68 Å². The summed E-state index contributed by atoms with van der Waals surface area (Å²) in [4.78, 5) is 4.19. The van der Waals surface area contributed by atoms with Crippen LogP contribution < -0.4 is 0 Å². The summed E-state index contributed by atoms with van der Waals surface area (Å²) in [5.74, 6) is 0. The minimum absolute atomic E-state index is 0.324. The molecule has 0 saturated heterocycles. The van der Waals surface area contributed by atoms with E-state index in [-0.39, 0.29) is 6.10 Å². The van der Waals surface area contributed by atoms with Crippen LogP contribution in [0.3, 0.4) is 0 Å². The molecule has 2 heterocycles. The molecule has 4 nitrogen and oxygen atoms in total. The normalized spacial score (nSPS) is 12.9. The third kappa shape index (κ3) is 2.97. The van der Waals surface area contributed by atoms with Gasteiger partial charge in [0.25, 0.3) is 0 Å². The van der Waals surface area contributed by atoms with Crippen molar-refractivity contribution in [1.29, 1.82) is 0 Å². The molecular weight excluding hydrogens is 246 g/mol. The summed E-state index contributed by atoms with van der Waals surface area (Å²) >= 11 is 1.60. The van der Waals surface area contributed by atoms with Crippen molar-refractivity contribution in [1.82, 2.24) is 14.8 Å². The third-order valence-electron chi connectivity index (χ3n) is 3.28. The van der Waals surface area contributed by atoms with Crippen LogP contribution in [-0.2, 0) is 19.9 Å². The van der Waals surface area contributed by atoms with Crippen molar-refractivity contribution in [3.05, 3.63) is 33.5 Å². The molecule has 2 aromatic heterocycles. The number of aliphatic hydroxyl groups excluding tert-OH is 1. The van der Waals surface area contributed by atoms with E-state index in [0.29, 0.717) is 6.42 Å². The summed E-state index contributed by atoms with van der Waals surface area (Å²) in [6.07, 6.45) is 3.73. The number of nitrogens with zero attached hydrogens (tertiary/aromatic N) is 3. The van der Waals surface area contributed by atoms with Gasteiger partial charge in [0.2, 0.25) is 0 Å². The van der Waals surface area contributed by atoms with E-state index in [0.717, 1.165) is 23.5 Å². The molecule has 1 unspecified atom stereocenters. The molecule has 1 N–H and O–H groups in total. The molecule has 0 aliphatic rings. The highest BCUT2D eigenvalue weighted by atomic mass is 32.1. The van der Waals surface area contributed by atoms with Crippen molar-refractivity contribution >= 4 is 11.3 Å². The zero-order valence-corrected chi connectivity index (χ0v) is 11.9. The Bertz CT molecular complexity index is 505. The second kappa shape index (κ2) is 5.63. The lowest BCUT2D eigenvalue weighted by molar-refractivity contribution is 0.165. The first-order valence-electron chi connectivity index (χ1n) is 6.13. The van der Waals surface area contributed by atoms with Gasteiger partial charge in [-0.2, -0.15) is 5.10 Å². The predicted molar refractivity (Wildman–Crippen MR) is 72.8 cm³/mol. The zero-order valence-electron chi connectivity index (χ0n) is 11.1. The highest BCUT2D eigenvalue weighted by Gasteiger charge is 2.13. The Morgan fingerprint density at radius 3 is 2.78 bits per heavy atom. The van der Waals surface area contributed by atoms with Crippen LogP contribution in [0.2, 0.25) is 0 Å². The number of hydrogen-bond donors (Lipinski definition) is 1. The van der Waals surface area contributed by atoms with Gasteiger partial charge in [0.15, 0.2) is 0 Å². The fourth-order valence-corrected chi connectivity index (χ4v) is 2.84. The molecule has 0 bridgehead atoms. The number of thiazole rings is 1. The Morgan fingerprint density at radius 1 is 1.44 bits per heavy atom. The van der Waals surface area contributed by atoms with Gasteiger partial charge in [-0.15, -0.1) is 11.3 Å². The monoisotopic (exact) mass is 265 g/mol. The topological polar surface area (TPSA) is 50.9 Å². The molecule has 0 saturated carbocycles. The van der Waals surface area contributed by atoms with E-state index in [9.17, 15) is 5.11 Å². The van der Waals surface area contributed by atoms with Crippen molar-refractivity contribution in [3.8, 4) is 0 Å². The SMILES string of the molecule is Cc1nn(C)c(C)c1CCC(O)Cc1nccs1. The first-order chi connectivity index (χ1) is 8.58. The molecule has 0 radical (unpaired) electrons. The Hall–Kier alpha value is -1.20. The molecule has 2 aromatic rings. The Labute approximate surface area is 111 Å². The zero-order chi connectivity index (χ0) is 13.1. The second-order valence-electron chi connectivity index (χ2n) is 4.60. The van der Waals surface area contributed by atoms with Crippen LogP contribution in [0.5, 0.6) is 0 Å². The molecule has 5 heteroatoms. The van der Waals surface area contributed by atoms with Gasteiger partial charge < -0.3 is 5.11 Å². The van der Waals surface area contributed by atoms with E-state index in [2.05, 4.69) is 17.0 Å². The minimum Gasteiger partial charge on any atom is -0.393 e. The van der Waals surface area contributed by atoms with E-state index in [1.165, 1.54) is 11.3 Å². The summed E-state index contributed by atoms with van der Waals surface area (Å²) in [6.45, 7) is 4.10. The second-order valence-corrected chi connectivity index (χ2v) is 5.57. The molecule has 98 valence electrons. The molecule has 0 aromatic carbocycles. The molecule has 0 amide bonds. The number of hydrogen-bond acceptors (Lipinski definition) is 4. The Morgan fingerprint density at radius 2 is 2.22 bits per heavy atom. The molecule has 0 fully saturated rings. The van der Waals surface area contributed by atoms with Crippen molar-refractivity contribution in [2.75, 3.05) is 0 Å². The van der Waals surface area contributed by atoms with Crippen molar-refractivity contribution in [2.24, 2.45) is 7.05 Å². The predicted octanol–water partition coefficient (Wildman–Crippen LogP) is 2.03. The number of aryl methyl sites for hydroxylation is 2. The smallest absolute Gasteiger partial charge is 0.0950 e. The standard InChI is InChI=1S/C13H19N3OS/c1-9-12(10(2)16(3)15-9)5-4-11(17)8-13-14-6-7-18-13/h6-7,11,17H,4-5,8H2,1-3H3. The summed E-state index contributed by atoms with van der Waals surface area (Å²) in [5, 5.41) is 17.3. The third-order valence-corrected chi connectivity index (χ3v) is 4.08. The van der Waals surface area contributed by atoms with Crippen LogP contribution in [0.15, 0.2) is 11.6 Å². The average Bonchev–Trinajstić information content (AvgIpc) is 2.88. The Kier molecular flexibility index (Phi) is 4.14. The molecular formula is C13H19N3OS. The van der Waals surface area contributed by atoms with Gasteiger partial charge in [-0.05, 0) is 32.3 Å². The fourth-order valence-electron chi connectivity index (χ4n) is 2.15. The lowest BCUT2D eigenvalue weighted by Gasteiger charge is -2.09. The van der Waals surface area contributed by atoms with E-state index < -0.39 is 0 Å². The molecule has 0 aliphatic heterocycles. The van der Waals surface area contributed by atoms with Crippen molar-refractivity contribution in [2.45, 2.75) is 39.2 Å². The largest absolute Gasteiger partial charge is 0.393 e. The van der Waals surface area contributed by atoms with Crippen LogP contribution in [-0.4, -0.2) is 26.0 Å². The number of rotatable bonds is 5. The maximum absolute atomic E-state index is 10.0.